The van der Waals surface area contributed by atoms with Gasteiger partial charge in [-0.15, -0.1) is 0 Å². The lowest BCUT2D eigenvalue weighted by atomic mass is 9.98. The molecule has 108 valence electrons. The fourth-order valence-electron chi connectivity index (χ4n) is 2.91. The smallest absolute Gasteiger partial charge is 0.256 e. The van der Waals surface area contributed by atoms with Crippen LogP contribution in [0, 0.1) is 12.8 Å². The number of hydrogen-bond donors (Lipinski definition) is 1. The molecule has 1 saturated heterocycles. The van der Waals surface area contributed by atoms with Gasteiger partial charge in [-0.05, 0) is 25.7 Å². The van der Waals surface area contributed by atoms with E-state index in [1.165, 1.54) is 0 Å². The predicted molar refractivity (Wildman–Crippen MR) is 72.0 cm³/mol. The molecule has 2 aliphatic heterocycles. The summed E-state index contributed by atoms with van der Waals surface area (Å²) < 4.78 is 5.40. The minimum Gasteiger partial charge on any atom is -0.381 e. The first kappa shape index (κ1) is 13.3. The van der Waals surface area contributed by atoms with Crippen molar-refractivity contribution < 1.29 is 9.53 Å². The van der Waals surface area contributed by atoms with E-state index in [0.29, 0.717) is 43.4 Å². The topological polar surface area (TPSA) is 75.3 Å². The van der Waals surface area contributed by atoms with E-state index in [1.807, 2.05) is 0 Å². The molecule has 0 saturated carbocycles. The Bertz CT molecular complexity index is 576. The molecule has 20 heavy (non-hydrogen) atoms. The Morgan fingerprint density at radius 1 is 1.50 bits per heavy atom. The molecule has 1 amide bonds. The van der Waals surface area contributed by atoms with Crippen LogP contribution in [0.15, 0.2) is 4.79 Å². The molecule has 0 aliphatic carbocycles. The molecule has 0 unspecified atom stereocenters. The van der Waals surface area contributed by atoms with Gasteiger partial charge in [0.25, 0.3) is 5.56 Å². The van der Waals surface area contributed by atoms with E-state index in [2.05, 4.69) is 9.97 Å². The molecule has 1 atom stereocenters. The first-order valence-electron chi connectivity index (χ1n) is 7.07. The van der Waals surface area contributed by atoms with Crippen LogP contribution in [0.25, 0.3) is 0 Å². The zero-order chi connectivity index (χ0) is 14.1. The standard InChI is InChI=1S/C14H19N3O3/c1-9-15-12-7-17(6-11(12)14(19)16-9)13(18)5-10-3-2-4-20-8-10/h10H,2-8H2,1H3,(H,15,16,19)/t10-/m1/s1. The summed E-state index contributed by atoms with van der Waals surface area (Å²) in [7, 11) is 0. The van der Waals surface area contributed by atoms with Crippen LogP contribution < -0.4 is 5.56 Å². The number of nitrogens with one attached hydrogen (secondary N) is 1. The van der Waals surface area contributed by atoms with Crippen LogP contribution in [-0.2, 0) is 22.6 Å². The molecule has 2 aliphatic rings. The van der Waals surface area contributed by atoms with Crippen molar-refractivity contribution in [1.29, 1.82) is 0 Å². The van der Waals surface area contributed by atoms with Gasteiger partial charge in [-0.2, -0.15) is 0 Å². The number of hydrogen-bond acceptors (Lipinski definition) is 4. The molecule has 1 aromatic heterocycles. The van der Waals surface area contributed by atoms with Crippen molar-refractivity contribution in [3.63, 3.8) is 0 Å². The number of aromatic amines is 1. The van der Waals surface area contributed by atoms with Gasteiger partial charge in [0.2, 0.25) is 5.91 Å². The second-order valence-corrected chi connectivity index (χ2v) is 5.61. The van der Waals surface area contributed by atoms with Gasteiger partial charge in [0, 0.05) is 19.6 Å². The molecule has 3 heterocycles. The number of nitrogens with zero attached hydrogens (tertiary/aromatic N) is 2. The number of aryl methyl sites for hydroxylation is 1. The SMILES string of the molecule is Cc1nc2c(c(=O)[nH]1)CN(C(=O)C[C@H]1CCCOC1)C2. The number of fused-ring (bicyclic) bond motifs is 1. The van der Waals surface area contributed by atoms with Gasteiger partial charge >= 0.3 is 0 Å². The van der Waals surface area contributed by atoms with E-state index in [1.54, 1.807) is 11.8 Å². The van der Waals surface area contributed by atoms with Crippen molar-refractivity contribution in [2.24, 2.45) is 5.92 Å². The highest BCUT2D eigenvalue weighted by Gasteiger charge is 2.29. The molecule has 1 N–H and O–H groups in total. The maximum absolute atomic E-state index is 12.3. The summed E-state index contributed by atoms with van der Waals surface area (Å²) in [6.07, 6.45) is 2.58. The number of carbonyl (C=O) groups excluding carboxylic acids is 1. The van der Waals surface area contributed by atoms with Crippen molar-refractivity contribution in [3.8, 4) is 0 Å². The monoisotopic (exact) mass is 277 g/mol. The maximum atomic E-state index is 12.3. The van der Waals surface area contributed by atoms with Crippen LogP contribution in [0.4, 0.5) is 0 Å². The Labute approximate surface area is 117 Å². The Kier molecular flexibility index (Phi) is 3.56. The molecule has 1 aromatic rings. The summed E-state index contributed by atoms with van der Waals surface area (Å²) >= 11 is 0. The zero-order valence-electron chi connectivity index (χ0n) is 11.6. The first-order chi connectivity index (χ1) is 9.63. The number of rotatable bonds is 2. The van der Waals surface area contributed by atoms with Crippen molar-refractivity contribution in [2.45, 2.75) is 39.3 Å². The fourth-order valence-corrected chi connectivity index (χ4v) is 2.91. The molecule has 1 fully saturated rings. The molecule has 0 aromatic carbocycles. The third kappa shape index (κ3) is 2.60. The number of aromatic nitrogens is 2. The van der Waals surface area contributed by atoms with Gasteiger partial charge in [0.1, 0.15) is 5.82 Å². The molecule has 3 rings (SSSR count). The van der Waals surface area contributed by atoms with Crippen molar-refractivity contribution in [1.82, 2.24) is 14.9 Å². The second kappa shape index (κ2) is 5.36. The van der Waals surface area contributed by atoms with Crippen LogP contribution in [0.5, 0.6) is 0 Å². The number of H-pyrrole nitrogens is 1. The lowest BCUT2D eigenvalue weighted by molar-refractivity contribution is -0.133. The fraction of sp³-hybridized carbons (Fsp3) is 0.643. The lowest BCUT2D eigenvalue weighted by Gasteiger charge is -2.24. The lowest BCUT2D eigenvalue weighted by Crippen LogP contribution is -2.30. The molecule has 0 radical (unpaired) electrons. The summed E-state index contributed by atoms with van der Waals surface area (Å²) in [6.45, 7) is 4.06. The highest BCUT2D eigenvalue weighted by Crippen LogP contribution is 2.22. The van der Waals surface area contributed by atoms with Crippen LogP contribution in [0.3, 0.4) is 0 Å². The third-order valence-corrected chi connectivity index (χ3v) is 3.98. The summed E-state index contributed by atoms with van der Waals surface area (Å²) in [5.41, 5.74) is 1.24. The normalized spacial score (nSPS) is 21.9. The van der Waals surface area contributed by atoms with E-state index in [9.17, 15) is 9.59 Å². The average Bonchev–Trinajstić information content (AvgIpc) is 2.84. The third-order valence-electron chi connectivity index (χ3n) is 3.98. The summed E-state index contributed by atoms with van der Waals surface area (Å²) in [5.74, 6) is 1.01. The number of amides is 1. The minimum absolute atomic E-state index is 0.0931. The van der Waals surface area contributed by atoms with E-state index in [0.717, 1.165) is 25.1 Å². The van der Waals surface area contributed by atoms with E-state index >= 15 is 0 Å². The Morgan fingerprint density at radius 3 is 3.10 bits per heavy atom. The van der Waals surface area contributed by atoms with Gasteiger partial charge < -0.3 is 14.6 Å². The Balaban J connectivity index is 1.67. The van der Waals surface area contributed by atoms with Crippen molar-refractivity contribution in [2.75, 3.05) is 13.2 Å². The van der Waals surface area contributed by atoms with Crippen LogP contribution in [0.2, 0.25) is 0 Å². The van der Waals surface area contributed by atoms with Crippen LogP contribution in [0.1, 0.15) is 36.3 Å². The van der Waals surface area contributed by atoms with E-state index in [-0.39, 0.29) is 11.5 Å². The quantitative estimate of drug-likeness (QED) is 0.865. The molecule has 0 bridgehead atoms. The number of ether oxygens (including phenoxy) is 1. The summed E-state index contributed by atoms with van der Waals surface area (Å²) in [6, 6.07) is 0. The number of carbonyl (C=O) groups is 1. The molecule has 0 spiro atoms. The van der Waals surface area contributed by atoms with Crippen LogP contribution >= 0.6 is 0 Å². The Hall–Kier alpha value is -1.69. The largest absolute Gasteiger partial charge is 0.381 e. The highest BCUT2D eigenvalue weighted by atomic mass is 16.5. The van der Waals surface area contributed by atoms with Gasteiger partial charge in [-0.1, -0.05) is 0 Å². The van der Waals surface area contributed by atoms with Gasteiger partial charge in [0.15, 0.2) is 0 Å². The molecule has 6 nitrogen and oxygen atoms in total. The molecular weight excluding hydrogens is 258 g/mol. The van der Waals surface area contributed by atoms with Gasteiger partial charge in [-0.3, -0.25) is 9.59 Å². The van der Waals surface area contributed by atoms with E-state index < -0.39 is 0 Å². The molecule has 6 heteroatoms. The first-order valence-corrected chi connectivity index (χ1v) is 7.07. The molecular formula is C14H19N3O3. The predicted octanol–water partition coefficient (Wildman–Crippen LogP) is 0.737. The second-order valence-electron chi connectivity index (χ2n) is 5.61. The summed E-state index contributed by atoms with van der Waals surface area (Å²) in [4.78, 5) is 32.9. The van der Waals surface area contributed by atoms with Crippen LogP contribution in [-0.4, -0.2) is 34.0 Å². The summed E-state index contributed by atoms with van der Waals surface area (Å²) in [5, 5.41) is 0. The van der Waals surface area contributed by atoms with Crippen molar-refractivity contribution >= 4 is 5.91 Å². The van der Waals surface area contributed by atoms with Gasteiger partial charge in [0.05, 0.1) is 24.3 Å². The maximum Gasteiger partial charge on any atom is 0.256 e. The zero-order valence-corrected chi connectivity index (χ0v) is 11.6. The van der Waals surface area contributed by atoms with Gasteiger partial charge in [-0.25, -0.2) is 4.98 Å². The Morgan fingerprint density at radius 2 is 2.35 bits per heavy atom. The highest BCUT2D eigenvalue weighted by molar-refractivity contribution is 5.77. The average molecular weight is 277 g/mol. The van der Waals surface area contributed by atoms with Crippen molar-refractivity contribution in [3.05, 3.63) is 27.4 Å². The minimum atomic E-state index is -0.121. The van der Waals surface area contributed by atoms with E-state index in [4.69, 9.17) is 4.74 Å².